The lowest BCUT2D eigenvalue weighted by Crippen LogP contribution is -2.41. The Kier molecular flexibility index (Phi) is 8.07. The fourth-order valence-corrected chi connectivity index (χ4v) is 3.63. The molecule has 0 aliphatic carbocycles. The first kappa shape index (κ1) is 23.8. The first-order valence-electron chi connectivity index (χ1n) is 11.0. The van der Waals surface area contributed by atoms with Gasteiger partial charge in [0.2, 0.25) is 0 Å². The molecule has 1 aromatic heterocycles. The minimum Gasteiger partial charge on any atom is -0.497 e. The van der Waals surface area contributed by atoms with E-state index in [1.165, 1.54) is 10.1 Å². The Hall–Kier alpha value is -3.81. The normalized spacial score (nSPS) is 10.7. The molecule has 8 heteroatoms. The van der Waals surface area contributed by atoms with Crippen molar-refractivity contribution in [1.29, 1.82) is 0 Å². The minimum atomic E-state index is -0.338. The van der Waals surface area contributed by atoms with E-state index >= 15 is 0 Å². The van der Waals surface area contributed by atoms with Gasteiger partial charge in [-0.15, -0.1) is 0 Å². The lowest BCUT2D eigenvalue weighted by molar-refractivity contribution is 0.414. The zero-order valence-electron chi connectivity index (χ0n) is 19.2. The second kappa shape index (κ2) is 11.2. The van der Waals surface area contributed by atoms with Crippen LogP contribution in [0.25, 0.3) is 0 Å². The number of nitrogens with two attached hydrogens (primary N) is 2. The molecule has 33 heavy (non-hydrogen) atoms. The SMILES string of the molecule is CCc1ccc(Cn2c(CCCN=C(N)N)cc(=O)n(Cc3ccc(OC)cc3)c2=O)cc1. The van der Waals surface area contributed by atoms with Crippen LogP contribution in [0.15, 0.2) is 69.2 Å². The summed E-state index contributed by atoms with van der Waals surface area (Å²) in [5.41, 5.74) is 13.9. The standard InChI is InChI=1S/C25H31N5O3/c1-3-18-6-8-19(9-7-18)16-29-21(5-4-14-28-24(26)27)15-23(31)30(25(29)32)17-20-10-12-22(33-2)13-11-20/h6-13,15H,3-5,14,16-17H2,1-2H3,(H4,26,27,28). The molecule has 1 heterocycles. The molecule has 0 atom stereocenters. The van der Waals surface area contributed by atoms with E-state index in [4.69, 9.17) is 16.2 Å². The zero-order valence-corrected chi connectivity index (χ0v) is 19.2. The average Bonchev–Trinajstić information content (AvgIpc) is 2.82. The zero-order chi connectivity index (χ0) is 23.8. The largest absolute Gasteiger partial charge is 0.497 e. The Bertz CT molecular complexity index is 1200. The molecule has 174 valence electrons. The number of aliphatic imine (C=N–C) groups is 1. The molecule has 0 saturated carbocycles. The van der Waals surface area contributed by atoms with Crippen molar-refractivity contribution in [3.8, 4) is 5.75 Å². The molecular weight excluding hydrogens is 418 g/mol. The van der Waals surface area contributed by atoms with Gasteiger partial charge in [-0.1, -0.05) is 43.3 Å². The molecule has 0 fully saturated rings. The van der Waals surface area contributed by atoms with Crippen LogP contribution in [0.3, 0.4) is 0 Å². The van der Waals surface area contributed by atoms with Crippen LogP contribution in [0.4, 0.5) is 0 Å². The maximum Gasteiger partial charge on any atom is 0.331 e. The van der Waals surface area contributed by atoms with Gasteiger partial charge in [-0.25, -0.2) is 4.79 Å². The third-order valence-corrected chi connectivity index (χ3v) is 5.52. The predicted octanol–water partition coefficient (Wildman–Crippen LogP) is 1.88. The van der Waals surface area contributed by atoms with E-state index in [1.807, 2.05) is 36.4 Å². The monoisotopic (exact) mass is 449 g/mol. The van der Waals surface area contributed by atoms with Crippen LogP contribution in [-0.4, -0.2) is 28.7 Å². The fourth-order valence-electron chi connectivity index (χ4n) is 3.63. The summed E-state index contributed by atoms with van der Waals surface area (Å²) in [7, 11) is 1.59. The Morgan fingerprint density at radius 1 is 0.909 bits per heavy atom. The van der Waals surface area contributed by atoms with Crippen LogP contribution in [0, 0.1) is 0 Å². The van der Waals surface area contributed by atoms with Gasteiger partial charge in [0.05, 0.1) is 20.2 Å². The van der Waals surface area contributed by atoms with Crippen molar-refractivity contribution < 1.29 is 4.74 Å². The van der Waals surface area contributed by atoms with Crippen LogP contribution < -0.4 is 27.5 Å². The summed E-state index contributed by atoms with van der Waals surface area (Å²) in [5.74, 6) is 0.744. The molecule has 0 amide bonds. The Balaban J connectivity index is 1.96. The summed E-state index contributed by atoms with van der Waals surface area (Å²) in [4.78, 5) is 30.3. The van der Waals surface area contributed by atoms with Gasteiger partial charge in [0.1, 0.15) is 5.75 Å². The highest BCUT2D eigenvalue weighted by molar-refractivity contribution is 5.75. The number of guanidine groups is 1. The summed E-state index contributed by atoms with van der Waals surface area (Å²) < 4.78 is 8.12. The second-order valence-corrected chi connectivity index (χ2v) is 7.86. The van der Waals surface area contributed by atoms with Gasteiger partial charge < -0.3 is 16.2 Å². The van der Waals surface area contributed by atoms with E-state index in [0.29, 0.717) is 31.6 Å². The smallest absolute Gasteiger partial charge is 0.331 e. The molecule has 4 N–H and O–H groups in total. The summed E-state index contributed by atoms with van der Waals surface area (Å²) in [6, 6.07) is 17.0. The highest BCUT2D eigenvalue weighted by atomic mass is 16.5. The van der Waals surface area contributed by atoms with E-state index in [9.17, 15) is 9.59 Å². The van der Waals surface area contributed by atoms with Crippen LogP contribution in [0.1, 0.15) is 35.7 Å². The average molecular weight is 450 g/mol. The number of hydrogen-bond donors (Lipinski definition) is 2. The van der Waals surface area contributed by atoms with Gasteiger partial charge in [0, 0.05) is 18.3 Å². The molecule has 8 nitrogen and oxygen atoms in total. The highest BCUT2D eigenvalue weighted by Gasteiger charge is 2.13. The molecule has 2 aromatic carbocycles. The third kappa shape index (κ3) is 6.35. The van der Waals surface area contributed by atoms with Gasteiger partial charge >= 0.3 is 5.69 Å². The first-order valence-corrected chi connectivity index (χ1v) is 11.0. The molecule has 0 saturated heterocycles. The van der Waals surface area contributed by atoms with E-state index in [0.717, 1.165) is 23.3 Å². The van der Waals surface area contributed by atoms with Gasteiger partial charge in [-0.05, 0) is 48.1 Å². The summed E-state index contributed by atoms with van der Waals surface area (Å²) in [6.45, 7) is 3.09. The highest BCUT2D eigenvalue weighted by Crippen LogP contribution is 2.12. The molecule has 0 aliphatic rings. The number of ether oxygens (including phenoxy) is 1. The molecule has 3 rings (SSSR count). The van der Waals surface area contributed by atoms with Crippen LogP contribution in [0.5, 0.6) is 5.75 Å². The molecule has 3 aromatic rings. The third-order valence-electron chi connectivity index (χ3n) is 5.52. The van der Waals surface area contributed by atoms with Crippen molar-refractivity contribution in [2.24, 2.45) is 16.5 Å². The van der Waals surface area contributed by atoms with E-state index in [-0.39, 0.29) is 23.8 Å². The van der Waals surface area contributed by atoms with Crippen LogP contribution in [0.2, 0.25) is 0 Å². The van der Waals surface area contributed by atoms with Gasteiger partial charge in [0.25, 0.3) is 5.56 Å². The molecule has 0 spiro atoms. The van der Waals surface area contributed by atoms with Gasteiger partial charge in [-0.2, -0.15) is 0 Å². The number of methoxy groups -OCH3 is 1. The van der Waals surface area contributed by atoms with Crippen molar-refractivity contribution >= 4 is 5.96 Å². The first-order chi connectivity index (χ1) is 15.9. The summed E-state index contributed by atoms with van der Waals surface area (Å²) >= 11 is 0. The number of aromatic nitrogens is 2. The fraction of sp³-hybridized carbons (Fsp3) is 0.320. The molecular formula is C25H31N5O3. The second-order valence-electron chi connectivity index (χ2n) is 7.86. The number of benzene rings is 2. The van der Waals surface area contributed by atoms with Crippen molar-refractivity contribution in [1.82, 2.24) is 9.13 Å². The molecule has 0 aliphatic heterocycles. The van der Waals surface area contributed by atoms with Gasteiger partial charge in [0.15, 0.2) is 5.96 Å². The Labute approximate surface area is 193 Å². The maximum absolute atomic E-state index is 13.4. The summed E-state index contributed by atoms with van der Waals surface area (Å²) in [5, 5.41) is 0. The Morgan fingerprint density at radius 2 is 1.48 bits per heavy atom. The number of aryl methyl sites for hydroxylation is 2. The number of rotatable bonds is 10. The molecule has 0 bridgehead atoms. The Morgan fingerprint density at radius 3 is 2.06 bits per heavy atom. The minimum absolute atomic E-state index is 0.0262. The quantitative estimate of drug-likeness (QED) is 0.278. The topological polar surface area (TPSA) is 118 Å². The molecule has 0 unspecified atom stereocenters. The van der Waals surface area contributed by atoms with Crippen molar-refractivity contribution in [3.05, 3.63) is 97.8 Å². The van der Waals surface area contributed by atoms with Crippen molar-refractivity contribution in [2.45, 2.75) is 39.3 Å². The van der Waals surface area contributed by atoms with E-state index in [2.05, 4.69) is 24.0 Å². The number of nitrogens with zero attached hydrogens (tertiary/aromatic N) is 3. The van der Waals surface area contributed by atoms with Gasteiger partial charge in [-0.3, -0.25) is 18.9 Å². The molecule has 0 radical (unpaired) electrons. The van der Waals surface area contributed by atoms with Crippen LogP contribution >= 0.6 is 0 Å². The number of hydrogen-bond acceptors (Lipinski definition) is 4. The summed E-state index contributed by atoms with van der Waals surface area (Å²) in [6.07, 6.45) is 2.08. The van der Waals surface area contributed by atoms with E-state index in [1.54, 1.807) is 17.7 Å². The maximum atomic E-state index is 13.4. The van der Waals surface area contributed by atoms with Crippen molar-refractivity contribution in [3.63, 3.8) is 0 Å². The lowest BCUT2D eigenvalue weighted by Gasteiger charge is -2.16. The lowest BCUT2D eigenvalue weighted by atomic mass is 10.1. The van der Waals surface area contributed by atoms with Crippen LogP contribution in [-0.2, 0) is 25.9 Å². The van der Waals surface area contributed by atoms with Crippen molar-refractivity contribution in [2.75, 3.05) is 13.7 Å². The van der Waals surface area contributed by atoms with E-state index < -0.39 is 0 Å². The predicted molar refractivity (Wildman–Crippen MR) is 131 cm³/mol.